The second kappa shape index (κ2) is 3.96. The van der Waals surface area contributed by atoms with E-state index in [2.05, 4.69) is 23.2 Å². The third-order valence-corrected chi connectivity index (χ3v) is 2.24. The topological polar surface area (TPSA) is 51.8 Å². The summed E-state index contributed by atoms with van der Waals surface area (Å²) in [6.45, 7) is 6.17. The Balaban J connectivity index is 2.64. The predicted octanol–water partition coefficient (Wildman–Crippen LogP) is 1.55. The van der Waals surface area contributed by atoms with Crippen molar-refractivity contribution in [1.29, 1.82) is 0 Å². The van der Waals surface area contributed by atoms with Crippen LogP contribution in [-0.2, 0) is 6.42 Å². The molecule has 0 amide bonds. The molecule has 3 nitrogen and oxygen atoms in total. The lowest BCUT2D eigenvalue weighted by Crippen LogP contribution is -2.17. The first-order valence-corrected chi connectivity index (χ1v) is 4.95. The van der Waals surface area contributed by atoms with Gasteiger partial charge < -0.3 is 5.73 Å². The van der Waals surface area contributed by atoms with Crippen LogP contribution in [-0.4, -0.2) is 15.4 Å². The Hall–Kier alpha value is -0.480. The highest BCUT2D eigenvalue weighted by Gasteiger charge is 2.08. The molecule has 0 saturated carbocycles. The Morgan fingerprint density at radius 2 is 2.08 bits per heavy atom. The molecule has 2 N–H and O–H groups in total. The van der Waals surface area contributed by atoms with Crippen molar-refractivity contribution < 1.29 is 0 Å². The zero-order valence-electron chi connectivity index (χ0n) is 7.74. The minimum absolute atomic E-state index is 0.179. The third kappa shape index (κ3) is 2.53. The number of hydrogen-bond donors (Lipinski definition) is 1. The summed E-state index contributed by atoms with van der Waals surface area (Å²) in [5.74, 6) is 1.36. The molecule has 0 saturated heterocycles. The number of nitrogens with zero attached hydrogens (tertiary/aromatic N) is 2. The van der Waals surface area contributed by atoms with Gasteiger partial charge >= 0.3 is 0 Å². The molecule has 1 aromatic heterocycles. The number of aromatic nitrogens is 2. The van der Waals surface area contributed by atoms with E-state index in [0.717, 1.165) is 17.3 Å². The van der Waals surface area contributed by atoms with Crippen molar-refractivity contribution in [3.8, 4) is 0 Å². The highest BCUT2D eigenvalue weighted by Crippen LogP contribution is 2.14. The van der Waals surface area contributed by atoms with Gasteiger partial charge in [0.25, 0.3) is 0 Å². The van der Waals surface area contributed by atoms with E-state index in [0.29, 0.717) is 5.92 Å². The highest BCUT2D eigenvalue weighted by molar-refractivity contribution is 7.05. The van der Waals surface area contributed by atoms with Crippen LogP contribution < -0.4 is 5.73 Å². The van der Waals surface area contributed by atoms with Gasteiger partial charge in [-0.2, -0.15) is 4.37 Å². The van der Waals surface area contributed by atoms with Gasteiger partial charge in [0, 0.05) is 18.4 Å². The molecule has 1 atom stereocenters. The SMILES string of the molecule is CC(N)Cc1nc(C(C)C)ns1. The van der Waals surface area contributed by atoms with Gasteiger partial charge in [-0.25, -0.2) is 4.98 Å². The summed E-state index contributed by atoms with van der Waals surface area (Å²) in [6, 6.07) is 0.179. The maximum Gasteiger partial charge on any atom is 0.145 e. The molecule has 1 rings (SSSR count). The minimum Gasteiger partial charge on any atom is -0.328 e. The Bertz CT molecular complexity index is 242. The van der Waals surface area contributed by atoms with Gasteiger partial charge in [0.15, 0.2) is 0 Å². The van der Waals surface area contributed by atoms with E-state index >= 15 is 0 Å². The maximum absolute atomic E-state index is 5.65. The number of hydrogen-bond acceptors (Lipinski definition) is 4. The minimum atomic E-state index is 0.179. The fourth-order valence-corrected chi connectivity index (χ4v) is 1.78. The van der Waals surface area contributed by atoms with Crippen LogP contribution in [0.3, 0.4) is 0 Å². The normalized spacial score (nSPS) is 13.8. The summed E-state index contributed by atoms with van der Waals surface area (Å²) in [7, 11) is 0. The standard InChI is InChI=1S/C8H15N3S/c1-5(2)8-10-7(12-11-8)4-6(3)9/h5-6H,4,9H2,1-3H3. The quantitative estimate of drug-likeness (QED) is 0.777. The largest absolute Gasteiger partial charge is 0.328 e. The highest BCUT2D eigenvalue weighted by atomic mass is 32.1. The first-order chi connectivity index (χ1) is 5.59. The van der Waals surface area contributed by atoms with Crippen molar-refractivity contribution in [1.82, 2.24) is 9.36 Å². The summed E-state index contributed by atoms with van der Waals surface area (Å²) in [5.41, 5.74) is 5.65. The van der Waals surface area contributed by atoms with Crippen LogP contribution in [0.4, 0.5) is 0 Å². The molecule has 0 aliphatic rings. The molecule has 0 aliphatic carbocycles. The van der Waals surface area contributed by atoms with Crippen LogP contribution in [0, 0.1) is 0 Å². The molecule has 0 spiro atoms. The van der Waals surface area contributed by atoms with E-state index < -0.39 is 0 Å². The van der Waals surface area contributed by atoms with Crippen LogP contribution >= 0.6 is 11.5 Å². The van der Waals surface area contributed by atoms with Crippen LogP contribution in [0.15, 0.2) is 0 Å². The van der Waals surface area contributed by atoms with E-state index in [1.54, 1.807) is 0 Å². The van der Waals surface area contributed by atoms with E-state index in [9.17, 15) is 0 Å². The van der Waals surface area contributed by atoms with Crippen LogP contribution in [0.25, 0.3) is 0 Å². The Morgan fingerprint density at radius 1 is 1.42 bits per heavy atom. The first-order valence-electron chi connectivity index (χ1n) is 4.17. The first kappa shape index (κ1) is 9.61. The van der Waals surface area contributed by atoms with Gasteiger partial charge in [-0.15, -0.1) is 0 Å². The van der Waals surface area contributed by atoms with E-state index in [-0.39, 0.29) is 6.04 Å². The summed E-state index contributed by atoms with van der Waals surface area (Å²) in [4.78, 5) is 4.38. The molecule has 0 aromatic carbocycles. The fourth-order valence-electron chi connectivity index (χ4n) is 0.861. The molecule has 0 radical (unpaired) electrons. The van der Waals surface area contributed by atoms with E-state index in [1.165, 1.54) is 11.5 Å². The molecule has 1 aromatic rings. The number of rotatable bonds is 3. The fraction of sp³-hybridized carbons (Fsp3) is 0.750. The molecular weight excluding hydrogens is 170 g/mol. The Labute approximate surface area is 77.2 Å². The maximum atomic E-state index is 5.65. The van der Waals surface area contributed by atoms with Crippen molar-refractivity contribution in [2.75, 3.05) is 0 Å². The van der Waals surface area contributed by atoms with Crippen molar-refractivity contribution >= 4 is 11.5 Å². The Kier molecular flexibility index (Phi) is 3.17. The summed E-state index contributed by atoms with van der Waals surface area (Å²) in [5, 5.41) is 1.05. The van der Waals surface area contributed by atoms with Crippen LogP contribution in [0.5, 0.6) is 0 Å². The zero-order chi connectivity index (χ0) is 9.14. The van der Waals surface area contributed by atoms with Crippen LogP contribution in [0.1, 0.15) is 37.5 Å². The summed E-state index contributed by atoms with van der Waals surface area (Å²) in [6.07, 6.45) is 0.838. The lowest BCUT2D eigenvalue weighted by molar-refractivity contribution is 0.721. The second-order valence-electron chi connectivity index (χ2n) is 3.38. The molecule has 0 fully saturated rings. The molecule has 1 unspecified atom stereocenters. The van der Waals surface area contributed by atoms with E-state index in [1.807, 2.05) is 6.92 Å². The summed E-state index contributed by atoms with van der Waals surface area (Å²) >= 11 is 1.47. The lowest BCUT2D eigenvalue weighted by Gasteiger charge is -1.98. The molecule has 4 heteroatoms. The van der Waals surface area contributed by atoms with Gasteiger partial charge in [-0.3, -0.25) is 0 Å². The van der Waals surface area contributed by atoms with Crippen LogP contribution in [0.2, 0.25) is 0 Å². The molecule has 68 valence electrons. The molecular formula is C8H15N3S. The van der Waals surface area contributed by atoms with Gasteiger partial charge in [0.2, 0.25) is 0 Å². The Morgan fingerprint density at radius 3 is 2.50 bits per heavy atom. The molecule has 0 aliphatic heterocycles. The van der Waals surface area contributed by atoms with Gasteiger partial charge in [-0.1, -0.05) is 13.8 Å². The lowest BCUT2D eigenvalue weighted by atomic mass is 10.2. The molecule has 12 heavy (non-hydrogen) atoms. The van der Waals surface area contributed by atoms with Crippen molar-refractivity contribution in [2.24, 2.45) is 5.73 Å². The average molecular weight is 185 g/mol. The molecule has 1 heterocycles. The van der Waals surface area contributed by atoms with Gasteiger partial charge in [0.1, 0.15) is 10.8 Å². The van der Waals surface area contributed by atoms with E-state index in [4.69, 9.17) is 5.73 Å². The van der Waals surface area contributed by atoms with Gasteiger partial charge in [-0.05, 0) is 18.5 Å². The predicted molar refractivity (Wildman–Crippen MR) is 51.4 cm³/mol. The summed E-state index contributed by atoms with van der Waals surface area (Å²) < 4.78 is 4.24. The van der Waals surface area contributed by atoms with Crippen molar-refractivity contribution in [2.45, 2.75) is 39.2 Å². The smallest absolute Gasteiger partial charge is 0.145 e. The second-order valence-corrected chi connectivity index (χ2v) is 4.22. The molecule has 0 bridgehead atoms. The number of nitrogens with two attached hydrogens (primary N) is 1. The average Bonchev–Trinajstić information content (AvgIpc) is 2.34. The monoisotopic (exact) mass is 185 g/mol. The third-order valence-electron chi connectivity index (χ3n) is 1.50. The van der Waals surface area contributed by atoms with Crippen molar-refractivity contribution in [3.63, 3.8) is 0 Å². The zero-order valence-corrected chi connectivity index (χ0v) is 8.56. The van der Waals surface area contributed by atoms with Crippen molar-refractivity contribution in [3.05, 3.63) is 10.8 Å². The van der Waals surface area contributed by atoms with Gasteiger partial charge in [0.05, 0.1) is 0 Å².